The number of amides is 1. The SMILES string of the molecule is C#CCCCNC(=O)C(C#N)CCC. The zero-order chi connectivity index (χ0) is 10.8. The standard InChI is InChI=1S/C11H16N2O/c1-3-5-6-8-13-11(14)10(9-12)7-4-2/h1,10H,4-8H2,2H3,(H,13,14). The van der Waals surface area contributed by atoms with Crippen LogP contribution in [0, 0.1) is 29.6 Å². The quantitative estimate of drug-likeness (QED) is 0.511. The van der Waals surface area contributed by atoms with Gasteiger partial charge in [0.1, 0.15) is 5.92 Å². The van der Waals surface area contributed by atoms with Crippen molar-refractivity contribution in [1.82, 2.24) is 5.32 Å². The van der Waals surface area contributed by atoms with Crippen LogP contribution in [0.3, 0.4) is 0 Å². The number of hydrogen-bond donors (Lipinski definition) is 1. The Morgan fingerprint density at radius 1 is 1.64 bits per heavy atom. The molecule has 76 valence electrons. The monoisotopic (exact) mass is 192 g/mol. The molecule has 0 saturated heterocycles. The molecule has 0 bridgehead atoms. The summed E-state index contributed by atoms with van der Waals surface area (Å²) in [5, 5.41) is 11.4. The molecular weight excluding hydrogens is 176 g/mol. The first kappa shape index (κ1) is 12.5. The fourth-order valence-corrected chi connectivity index (χ4v) is 1.07. The van der Waals surface area contributed by atoms with Gasteiger partial charge in [-0.1, -0.05) is 13.3 Å². The van der Waals surface area contributed by atoms with Crippen LogP contribution in [-0.4, -0.2) is 12.5 Å². The van der Waals surface area contributed by atoms with Crippen LogP contribution >= 0.6 is 0 Å². The minimum Gasteiger partial charge on any atom is -0.355 e. The van der Waals surface area contributed by atoms with Gasteiger partial charge in [-0.25, -0.2) is 0 Å². The molecule has 0 aliphatic rings. The Kier molecular flexibility index (Phi) is 7.27. The molecule has 0 radical (unpaired) electrons. The Bertz CT molecular complexity index is 247. The molecule has 1 unspecified atom stereocenters. The lowest BCUT2D eigenvalue weighted by atomic mass is 10.1. The third-order valence-corrected chi connectivity index (χ3v) is 1.85. The van der Waals surface area contributed by atoms with E-state index in [1.807, 2.05) is 13.0 Å². The second-order valence-corrected chi connectivity index (χ2v) is 3.07. The van der Waals surface area contributed by atoms with E-state index in [0.717, 1.165) is 12.8 Å². The largest absolute Gasteiger partial charge is 0.355 e. The first-order chi connectivity index (χ1) is 6.76. The highest BCUT2D eigenvalue weighted by atomic mass is 16.1. The summed E-state index contributed by atoms with van der Waals surface area (Å²) in [6, 6.07) is 1.99. The fourth-order valence-electron chi connectivity index (χ4n) is 1.07. The predicted molar refractivity (Wildman–Crippen MR) is 55.1 cm³/mol. The molecule has 0 aromatic carbocycles. The summed E-state index contributed by atoms with van der Waals surface area (Å²) in [6.07, 6.45) is 7.96. The van der Waals surface area contributed by atoms with Gasteiger partial charge in [0.15, 0.2) is 0 Å². The van der Waals surface area contributed by atoms with Crippen molar-refractivity contribution < 1.29 is 4.79 Å². The van der Waals surface area contributed by atoms with E-state index in [9.17, 15) is 4.79 Å². The lowest BCUT2D eigenvalue weighted by Crippen LogP contribution is -2.30. The van der Waals surface area contributed by atoms with Crippen LogP contribution in [0.2, 0.25) is 0 Å². The summed E-state index contributed by atoms with van der Waals surface area (Å²) in [5.41, 5.74) is 0. The molecule has 1 N–H and O–H groups in total. The summed E-state index contributed by atoms with van der Waals surface area (Å²) >= 11 is 0. The average molecular weight is 192 g/mol. The summed E-state index contributed by atoms with van der Waals surface area (Å²) in [5.74, 6) is 1.81. The van der Waals surface area contributed by atoms with Gasteiger partial charge in [-0.15, -0.1) is 12.3 Å². The Morgan fingerprint density at radius 2 is 2.36 bits per heavy atom. The van der Waals surface area contributed by atoms with Crippen molar-refractivity contribution in [3.63, 3.8) is 0 Å². The van der Waals surface area contributed by atoms with Gasteiger partial charge in [0.25, 0.3) is 0 Å². The first-order valence-corrected chi connectivity index (χ1v) is 4.87. The maximum absolute atomic E-state index is 11.3. The van der Waals surface area contributed by atoms with Gasteiger partial charge in [0.05, 0.1) is 6.07 Å². The van der Waals surface area contributed by atoms with Crippen LogP contribution in [0.1, 0.15) is 32.6 Å². The molecule has 0 rings (SSSR count). The lowest BCUT2D eigenvalue weighted by molar-refractivity contribution is -0.123. The van der Waals surface area contributed by atoms with Gasteiger partial charge >= 0.3 is 0 Å². The maximum atomic E-state index is 11.3. The Balaban J connectivity index is 3.72. The Hall–Kier alpha value is -1.48. The van der Waals surface area contributed by atoms with Crippen molar-refractivity contribution in [1.29, 1.82) is 5.26 Å². The van der Waals surface area contributed by atoms with Gasteiger partial charge in [0.2, 0.25) is 5.91 Å². The zero-order valence-corrected chi connectivity index (χ0v) is 8.55. The number of rotatable bonds is 6. The third-order valence-electron chi connectivity index (χ3n) is 1.85. The smallest absolute Gasteiger partial charge is 0.237 e. The summed E-state index contributed by atoms with van der Waals surface area (Å²) in [4.78, 5) is 11.3. The van der Waals surface area contributed by atoms with E-state index in [0.29, 0.717) is 19.4 Å². The molecule has 0 spiro atoms. The molecule has 0 saturated carbocycles. The summed E-state index contributed by atoms with van der Waals surface area (Å²) in [7, 11) is 0. The number of unbranched alkanes of at least 4 members (excludes halogenated alkanes) is 1. The average Bonchev–Trinajstić information content (AvgIpc) is 2.20. The molecule has 14 heavy (non-hydrogen) atoms. The third kappa shape index (κ3) is 5.22. The van der Waals surface area contributed by atoms with Crippen LogP contribution in [0.4, 0.5) is 0 Å². The van der Waals surface area contributed by atoms with E-state index in [2.05, 4.69) is 11.2 Å². The zero-order valence-electron chi connectivity index (χ0n) is 8.55. The molecular formula is C11H16N2O. The van der Waals surface area contributed by atoms with E-state index >= 15 is 0 Å². The minimum absolute atomic E-state index is 0.175. The highest BCUT2D eigenvalue weighted by molar-refractivity contribution is 5.80. The first-order valence-electron chi connectivity index (χ1n) is 4.87. The molecule has 3 nitrogen and oxygen atoms in total. The van der Waals surface area contributed by atoms with E-state index in [4.69, 9.17) is 11.7 Å². The van der Waals surface area contributed by atoms with Crippen molar-refractivity contribution in [3.05, 3.63) is 0 Å². The number of nitrogens with one attached hydrogen (secondary N) is 1. The van der Waals surface area contributed by atoms with Crippen LogP contribution in [-0.2, 0) is 4.79 Å². The van der Waals surface area contributed by atoms with Crippen molar-refractivity contribution in [3.8, 4) is 18.4 Å². The molecule has 0 fully saturated rings. The number of nitrogens with zero attached hydrogens (tertiary/aromatic N) is 1. The molecule has 0 aliphatic heterocycles. The number of terminal acetylenes is 1. The molecule has 0 heterocycles. The van der Waals surface area contributed by atoms with E-state index in [1.54, 1.807) is 0 Å². The van der Waals surface area contributed by atoms with E-state index in [-0.39, 0.29) is 5.91 Å². The summed E-state index contributed by atoms with van der Waals surface area (Å²) in [6.45, 7) is 2.51. The van der Waals surface area contributed by atoms with Crippen molar-refractivity contribution in [2.45, 2.75) is 32.6 Å². The lowest BCUT2D eigenvalue weighted by Gasteiger charge is -2.07. The van der Waals surface area contributed by atoms with Gasteiger partial charge in [-0.3, -0.25) is 4.79 Å². The number of carbonyl (C=O) groups is 1. The summed E-state index contributed by atoms with van der Waals surface area (Å²) < 4.78 is 0. The van der Waals surface area contributed by atoms with E-state index in [1.165, 1.54) is 0 Å². The molecule has 0 aromatic rings. The molecule has 3 heteroatoms. The van der Waals surface area contributed by atoms with Gasteiger partial charge in [0, 0.05) is 13.0 Å². The molecule has 0 aromatic heterocycles. The highest BCUT2D eigenvalue weighted by Crippen LogP contribution is 2.04. The number of carbonyl (C=O) groups excluding carboxylic acids is 1. The van der Waals surface area contributed by atoms with Crippen LogP contribution in [0.25, 0.3) is 0 Å². The normalized spacial score (nSPS) is 11.1. The number of nitriles is 1. The second-order valence-electron chi connectivity index (χ2n) is 3.07. The van der Waals surface area contributed by atoms with Crippen molar-refractivity contribution in [2.24, 2.45) is 5.92 Å². The molecule has 1 amide bonds. The predicted octanol–water partition coefficient (Wildman–Crippen LogP) is 1.46. The maximum Gasteiger partial charge on any atom is 0.237 e. The van der Waals surface area contributed by atoms with E-state index < -0.39 is 5.92 Å². The van der Waals surface area contributed by atoms with Crippen LogP contribution < -0.4 is 5.32 Å². The van der Waals surface area contributed by atoms with Crippen molar-refractivity contribution >= 4 is 5.91 Å². The van der Waals surface area contributed by atoms with Gasteiger partial charge in [-0.05, 0) is 12.8 Å². The highest BCUT2D eigenvalue weighted by Gasteiger charge is 2.15. The Morgan fingerprint density at radius 3 is 2.86 bits per heavy atom. The molecule has 0 aliphatic carbocycles. The topological polar surface area (TPSA) is 52.9 Å². The van der Waals surface area contributed by atoms with Crippen molar-refractivity contribution in [2.75, 3.05) is 6.54 Å². The van der Waals surface area contributed by atoms with Gasteiger partial charge in [-0.2, -0.15) is 5.26 Å². The minimum atomic E-state index is -0.508. The Labute approximate surface area is 85.5 Å². The number of hydrogen-bond acceptors (Lipinski definition) is 2. The molecule has 1 atom stereocenters. The van der Waals surface area contributed by atoms with Gasteiger partial charge < -0.3 is 5.32 Å². The van der Waals surface area contributed by atoms with Crippen LogP contribution in [0.5, 0.6) is 0 Å². The fraction of sp³-hybridized carbons (Fsp3) is 0.636. The van der Waals surface area contributed by atoms with Crippen LogP contribution in [0.15, 0.2) is 0 Å². The second kappa shape index (κ2) is 8.13.